The van der Waals surface area contributed by atoms with Gasteiger partial charge in [0, 0.05) is 24.7 Å². The molecule has 0 spiro atoms. The first-order valence-corrected chi connectivity index (χ1v) is 5.60. The van der Waals surface area contributed by atoms with Crippen LogP contribution < -0.4 is 0 Å². The minimum absolute atomic E-state index is 0.591. The van der Waals surface area contributed by atoms with E-state index in [0.29, 0.717) is 19.6 Å². The van der Waals surface area contributed by atoms with Crippen molar-refractivity contribution in [2.24, 2.45) is 0 Å². The van der Waals surface area contributed by atoms with Gasteiger partial charge in [-0.15, -0.1) is 0 Å². The Morgan fingerprint density at radius 2 is 1.80 bits per heavy atom. The highest BCUT2D eigenvalue weighted by molar-refractivity contribution is 6.30. The van der Waals surface area contributed by atoms with Gasteiger partial charge in [0.05, 0.1) is 5.60 Å². The average molecular weight is 227 g/mol. The predicted octanol–water partition coefficient (Wildman–Crippen LogP) is 2.42. The van der Waals surface area contributed by atoms with Crippen LogP contribution in [0.4, 0.5) is 0 Å². The zero-order chi connectivity index (χ0) is 10.7. The Morgan fingerprint density at radius 3 is 2.40 bits per heavy atom. The van der Waals surface area contributed by atoms with Crippen molar-refractivity contribution in [3.63, 3.8) is 0 Å². The van der Waals surface area contributed by atoms with E-state index in [1.54, 1.807) is 0 Å². The van der Waals surface area contributed by atoms with Crippen molar-refractivity contribution in [2.75, 3.05) is 13.2 Å². The fourth-order valence-corrected chi connectivity index (χ4v) is 2.04. The zero-order valence-electron chi connectivity index (χ0n) is 8.58. The first-order valence-electron chi connectivity index (χ1n) is 5.23. The van der Waals surface area contributed by atoms with Crippen LogP contribution in [0, 0.1) is 0 Å². The smallest absolute Gasteiger partial charge is 0.0731 e. The van der Waals surface area contributed by atoms with Crippen LogP contribution in [-0.4, -0.2) is 23.9 Å². The van der Waals surface area contributed by atoms with E-state index in [2.05, 4.69) is 0 Å². The number of hydrogen-bond donors (Lipinski definition) is 1. The minimum Gasteiger partial charge on any atom is -0.389 e. The highest BCUT2D eigenvalue weighted by atomic mass is 35.5. The molecule has 0 atom stereocenters. The van der Waals surface area contributed by atoms with Gasteiger partial charge in [-0.2, -0.15) is 0 Å². The summed E-state index contributed by atoms with van der Waals surface area (Å²) >= 11 is 5.81. The quantitative estimate of drug-likeness (QED) is 0.840. The van der Waals surface area contributed by atoms with Gasteiger partial charge >= 0.3 is 0 Å². The zero-order valence-corrected chi connectivity index (χ0v) is 9.33. The van der Waals surface area contributed by atoms with Gasteiger partial charge in [-0.3, -0.25) is 0 Å². The van der Waals surface area contributed by atoms with Crippen molar-refractivity contribution in [1.82, 2.24) is 0 Å². The van der Waals surface area contributed by atoms with Crippen molar-refractivity contribution in [2.45, 2.75) is 24.9 Å². The van der Waals surface area contributed by atoms with Crippen molar-refractivity contribution in [1.29, 1.82) is 0 Å². The molecule has 0 unspecified atom stereocenters. The molecule has 1 aliphatic rings. The summed E-state index contributed by atoms with van der Waals surface area (Å²) in [5.74, 6) is 0. The summed E-state index contributed by atoms with van der Waals surface area (Å²) in [6.07, 6.45) is 2.12. The summed E-state index contributed by atoms with van der Waals surface area (Å²) in [6.45, 7) is 1.31. The van der Waals surface area contributed by atoms with E-state index in [9.17, 15) is 5.11 Å². The number of halogens is 1. The molecule has 1 fully saturated rings. The summed E-state index contributed by atoms with van der Waals surface area (Å²) in [7, 11) is 0. The lowest BCUT2D eigenvalue weighted by atomic mass is 9.87. The number of benzene rings is 1. The monoisotopic (exact) mass is 226 g/mol. The molecular weight excluding hydrogens is 212 g/mol. The molecule has 2 nitrogen and oxygen atoms in total. The van der Waals surface area contributed by atoms with Gasteiger partial charge in [0.1, 0.15) is 0 Å². The lowest BCUT2D eigenvalue weighted by Gasteiger charge is -2.32. The Morgan fingerprint density at radius 1 is 1.20 bits per heavy atom. The van der Waals surface area contributed by atoms with Gasteiger partial charge in [0.2, 0.25) is 0 Å². The Balaban J connectivity index is 2.03. The summed E-state index contributed by atoms with van der Waals surface area (Å²) in [5.41, 5.74) is 0.537. The molecule has 1 N–H and O–H groups in total. The van der Waals surface area contributed by atoms with Crippen LogP contribution >= 0.6 is 11.6 Å². The molecule has 1 heterocycles. The van der Waals surface area contributed by atoms with Gasteiger partial charge in [-0.1, -0.05) is 23.7 Å². The number of ether oxygens (including phenoxy) is 1. The van der Waals surface area contributed by atoms with E-state index < -0.39 is 5.60 Å². The molecule has 1 aliphatic heterocycles. The van der Waals surface area contributed by atoms with Crippen molar-refractivity contribution >= 4 is 11.6 Å². The molecule has 1 saturated heterocycles. The summed E-state index contributed by atoms with van der Waals surface area (Å²) < 4.78 is 5.24. The highest BCUT2D eigenvalue weighted by Crippen LogP contribution is 2.25. The fraction of sp³-hybridized carbons (Fsp3) is 0.500. The molecule has 3 heteroatoms. The predicted molar refractivity (Wildman–Crippen MR) is 60.2 cm³/mol. The van der Waals surface area contributed by atoms with Gasteiger partial charge in [-0.25, -0.2) is 0 Å². The Kier molecular flexibility index (Phi) is 3.29. The lowest BCUT2D eigenvalue weighted by molar-refractivity contribution is -0.0625. The molecule has 0 amide bonds. The van der Waals surface area contributed by atoms with E-state index in [1.165, 1.54) is 0 Å². The van der Waals surface area contributed by atoms with E-state index in [1.807, 2.05) is 24.3 Å². The third-order valence-electron chi connectivity index (χ3n) is 2.87. The number of rotatable bonds is 2. The van der Waals surface area contributed by atoms with Crippen molar-refractivity contribution < 1.29 is 9.84 Å². The maximum atomic E-state index is 10.3. The fourth-order valence-electron chi connectivity index (χ4n) is 1.91. The van der Waals surface area contributed by atoms with Crippen molar-refractivity contribution in [3.05, 3.63) is 34.9 Å². The van der Waals surface area contributed by atoms with E-state index in [0.717, 1.165) is 23.4 Å². The average Bonchev–Trinajstić information content (AvgIpc) is 2.22. The summed E-state index contributed by atoms with van der Waals surface area (Å²) in [5, 5.41) is 11.0. The molecule has 1 aromatic rings. The molecule has 0 aromatic heterocycles. The summed E-state index contributed by atoms with van der Waals surface area (Å²) in [4.78, 5) is 0. The van der Waals surface area contributed by atoms with Gasteiger partial charge in [-0.05, 0) is 30.5 Å². The molecule has 0 aliphatic carbocycles. The molecule has 15 heavy (non-hydrogen) atoms. The standard InChI is InChI=1S/C12H15ClO2/c13-11-3-1-10(2-4-11)9-12(14)5-7-15-8-6-12/h1-4,14H,5-9H2. The number of aliphatic hydroxyl groups is 1. The first-order chi connectivity index (χ1) is 7.18. The largest absolute Gasteiger partial charge is 0.389 e. The van der Waals surface area contributed by atoms with Crippen molar-refractivity contribution in [3.8, 4) is 0 Å². The minimum atomic E-state index is -0.591. The number of hydrogen-bond acceptors (Lipinski definition) is 2. The second kappa shape index (κ2) is 4.52. The molecule has 1 aromatic carbocycles. The Labute approximate surface area is 94.8 Å². The Hall–Kier alpha value is -0.570. The maximum absolute atomic E-state index is 10.3. The highest BCUT2D eigenvalue weighted by Gasteiger charge is 2.29. The second-order valence-corrected chi connectivity index (χ2v) is 4.58. The topological polar surface area (TPSA) is 29.5 Å². The van der Waals surface area contributed by atoms with Crippen LogP contribution in [0.3, 0.4) is 0 Å². The van der Waals surface area contributed by atoms with E-state index >= 15 is 0 Å². The van der Waals surface area contributed by atoms with Crippen LogP contribution in [0.5, 0.6) is 0 Å². The van der Waals surface area contributed by atoms with Gasteiger partial charge in [0.25, 0.3) is 0 Å². The SMILES string of the molecule is OC1(Cc2ccc(Cl)cc2)CCOCC1. The maximum Gasteiger partial charge on any atom is 0.0731 e. The van der Waals surface area contributed by atoms with E-state index in [-0.39, 0.29) is 0 Å². The second-order valence-electron chi connectivity index (χ2n) is 4.14. The van der Waals surface area contributed by atoms with Crippen LogP contribution in [0.1, 0.15) is 18.4 Å². The lowest BCUT2D eigenvalue weighted by Crippen LogP contribution is -2.38. The van der Waals surface area contributed by atoms with Crippen LogP contribution in [0.25, 0.3) is 0 Å². The third kappa shape index (κ3) is 2.94. The molecular formula is C12H15ClO2. The van der Waals surface area contributed by atoms with Gasteiger partial charge < -0.3 is 9.84 Å². The van der Waals surface area contributed by atoms with E-state index in [4.69, 9.17) is 16.3 Å². The molecule has 0 radical (unpaired) electrons. The van der Waals surface area contributed by atoms with Crippen LogP contribution in [0.2, 0.25) is 5.02 Å². The molecule has 2 rings (SSSR count). The summed E-state index contributed by atoms with van der Waals surface area (Å²) in [6, 6.07) is 7.66. The first kappa shape index (κ1) is 10.9. The third-order valence-corrected chi connectivity index (χ3v) is 3.12. The molecule has 0 saturated carbocycles. The molecule has 82 valence electrons. The van der Waals surface area contributed by atoms with Crippen LogP contribution in [-0.2, 0) is 11.2 Å². The Bertz CT molecular complexity index is 315. The molecule has 0 bridgehead atoms. The van der Waals surface area contributed by atoms with Gasteiger partial charge in [0.15, 0.2) is 0 Å². The normalized spacial score (nSPS) is 20.1. The van der Waals surface area contributed by atoms with Crippen LogP contribution in [0.15, 0.2) is 24.3 Å².